The molecule has 0 saturated heterocycles. The number of aromatic nitrogens is 1. The van der Waals surface area contributed by atoms with Gasteiger partial charge in [-0.1, -0.05) is 6.07 Å². The van der Waals surface area contributed by atoms with Gasteiger partial charge < -0.3 is 9.47 Å². The molecule has 28 heavy (non-hydrogen) atoms. The molecular weight excluding hydrogens is 356 g/mol. The number of hydrogen-bond donors (Lipinski definition) is 0. The Labute approximate surface area is 163 Å². The molecular formula is C22H22N2O4. The van der Waals surface area contributed by atoms with E-state index in [1.54, 1.807) is 43.6 Å². The van der Waals surface area contributed by atoms with Crippen LogP contribution < -0.4 is 14.4 Å². The summed E-state index contributed by atoms with van der Waals surface area (Å²) >= 11 is 0. The van der Waals surface area contributed by atoms with Crippen molar-refractivity contribution in [2.75, 3.05) is 19.1 Å². The quantitative estimate of drug-likeness (QED) is 0.813. The Morgan fingerprint density at radius 2 is 1.96 bits per heavy atom. The Morgan fingerprint density at radius 1 is 1.11 bits per heavy atom. The summed E-state index contributed by atoms with van der Waals surface area (Å²) in [5, 5.41) is 0. The van der Waals surface area contributed by atoms with E-state index in [1.807, 2.05) is 18.2 Å². The second kappa shape index (κ2) is 7.46. The van der Waals surface area contributed by atoms with Crippen molar-refractivity contribution in [1.29, 1.82) is 0 Å². The lowest BCUT2D eigenvalue weighted by molar-refractivity contribution is -0.119. The zero-order valence-corrected chi connectivity index (χ0v) is 16.0. The summed E-state index contributed by atoms with van der Waals surface area (Å²) in [6, 6.07) is 9.17. The Bertz CT molecular complexity index is 952. The number of ether oxygens (including phenoxy) is 2. The van der Waals surface area contributed by atoms with Gasteiger partial charge in [-0.05, 0) is 31.0 Å². The number of amides is 1. The summed E-state index contributed by atoms with van der Waals surface area (Å²) in [5.41, 5.74) is 3.06. The fourth-order valence-corrected chi connectivity index (χ4v) is 4.15. The fraction of sp³-hybridized carbons (Fsp3) is 0.318. The second-order valence-electron chi connectivity index (χ2n) is 6.94. The van der Waals surface area contributed by atoms with Crippen molar-refractivity contribution in [3.05, 3.63) is 59.6 Å². The van der Waals surface area contributed by atoms with Crippen LogP contribution in [0.25, 0.3) is 0 Å². The van der Waals surface area contributed by atoms with Crippen molar-refractivity contribution in [3.63, 3.8) is 0 Å². The average molecular weight is 378 g/mol. The number of Topliss-reactive ketones (excluding diaryl/α,β-unsaturated/α-hetero) is 1. The molecule has 0 bridgehead atoms. The smallest absolute Gasteiger partial charge is 0.232 e. The summed E-state index contributed by atoms with van der Waals surface area (Å²) in [6.07, 6.45) is 5.48. The standard InChI is InChI=1S/C22H22N2O4/c1-27-15-8-9-16(20(11-15)28-2)17-12-21(26)24(14-5-4-10-23-13-14)18-6-3-7-19(25)22(17)18/h4-5,8-11,13,17H,3,6-7,12H2,1-2H3. The van der Waals surface area contributed by atoms with Gasteiger partial charge in [-0.2, -0.15) is 0 Å². The summed E-state index contributed by atoms with van der Waals surface area (Å²) in [7, 11) is 3.18. The van der Waals surface area contributed by atoms with Crippen molar-refractivity contribution in [3.8, 4) is 11.5 Å². The van der Waals surface area contributed by atoms with Crippen LogP contribution in [-0.2, 0) is 9.59 Å². The molecule has 2 aliphatic rings. The molecule has 0 N–H and O–H groups in total. The van der Waals surface area contributed by atoms with Gasteiger partial charge in [0.2, 0.25) is 5.91 Å². The van der Waals surface area contributed by atoms with Gasteiger partial charge in [0.1, 0.15) is 11.5 Å². The van der Waals surface area contributed by atoms with Crippen molar-refractivity contribution in [2.24, 2.45) is 0 Å². The zero-order valence-electron chi connectivity index (χ0n) is 16.0. The van der Waals surface area contributed by atoms with Crippen molar-refractivity contribution < 1.29 is 19.1 Å². The molecule has 6 nitrogen and oxygen atoms in total. The summed E-state index contributed by atoms with van der Waals surface area (Å²) in [5.74, 6) is 1.04. The lowest BCUT2D eigenvalue weighted by atomic mass is 9.77. The van der Waals surface area contributed by atoms with E-state index < -0.39 is 0 Å². The Morgan fingerprint density at radius 3 is 2.68 bits per heavy atom. The van der Waals surface area contributed by atoms with E-state index in [4.69, 9.17) is 9.47 Å². The molecule has 144 valence electrons. The van der Waals surface area contributed by atoms with E-state index in [2.05, 4.69) is 4.98 Å². The molecule has 0 saturated carbocycles. The summed E-state index contributed by atoms with van der Waals surface area (Å²) in [6.45, 7) is 0. The maximum atomic E-state index is 13.1. The van der Waals surface area contributed by atoms with E-state index in [0.29, 0.717) is 30.0 Å². The van der Waals surface area contributed by atoms with Crippen molar-refractivity contribution in [1.82, 2.24) is 4.98 Å². The largest absolute Gasteiger partial charge is 0.497 e. The number of allylic oxidation sites excluding steroid dienone is 2. The van der Waals surface area contributed by atoms with Crippen molar-refractivity contribution >= 4 is 17.4 Å². The predicted molar refractivity (Wildman–Crippen MR) is 105 cm³/mol. The highest BCUT2D eigenvalue weighted by molar-refractivity contribution is 6.07. The third kappa shape index (κ3) is 3.05. The number of ketones is 1. The third-order valence-corrected chi connectivity index (χ3v) is 5.40. The van der Waals surface area contributed by atoms with Crippen LogP contribution in [-0.4, -0.2) is 30.9 Å². The Balaban J connectivity index is 1.86. The van der Waals surface area contributed by atoms with Crippen LogP contribution in [0, 0.1) is 0 Å². The average Bonchev–Trinajstić information content (AvgIpc) is 2.73. The van der Waals surface area contributed by atoms with Crippen LogP contribution in [0.3, 0.4) is 0 Å². The predicted octanol–water partition coefficient (Wildman–Crippen LogP) is 3.63. The van der Waals surface area contributed by atoms with Gasteiger partial charge in [0, 0.05) is 47.9 Å². The van der Waals surface area contributed by atoms with Crippen LogP contribution in [0.5, 0.6) is 11.5 Å². The van der Waals surface area contributed by atoms with Gasteiger partial charge in [-0.25, -0.2) is 0 Å². The summed E-state index contributed by atoms with van der Waals surface area (Å²) < 4.78 is 10.8. The van der Waals surface area contributed by atoms with E-state index >= 15 is 0 Å². The Hall–Kier alpha value is -3.15. The first-order chi connectivity index (χ1) is 13.6. The molecule has 1 aliphatic heterocycles. The molecule has 0 fully saturated rings. The minimum atomic E-state index is -0.316. The highest BCUT2D eigenvalue weighted by Gasteiger charge is 2.40. The van der Waals surface area contributed by atoms with Gasteiger partial charge in [0.05, 0.1) is 26.1 Å². The number of rotatable bonds is 4. The number of benzene rings is 1. The molecule has 1 unspecified atom stereocenters. The molecule has 1 atom stereocenters. The van der Waals surface area contributed by atoms with Gasteiger partial charge in [-0.3, -0.25) is 19.5 Å². The first-order valence-electron chi connectivity index (χ1n) is 9.35. The first kappa shape index (κ1) is 18.2. The van der Waals surface area contributed by atoms with Crippen molar-refractivity contribution in [2.45, 2.75) is 31.6 Å². The topological polar surface area (TPSA) is 68.7 Å². The molecule has 1 aliphatic carbocycles. The molecule has 0 spiro atoms. The van der Waals surface area contributed by atoms with Crippen LogP contribution in [0.4, 0.5) is 5.69 Å². The first-order valence-corrected chi connectivity index (χ1v) is 9.35. The number of pyridine rings is 1. The number of hydrogen-bond acceptors (Lipinski definition) is 5. The minimum absolute atomic E-state index is 0.0377. The SMILES string of the molecule is COc1ccc(C2CC(=O)N(c3cccnc3)C3=C2C(=O)CCC3)c(OC)c1. The van der Waals surface area contributed by atoms with Crippen LogP contribution in [0.15, 0.2) is 54.0 Å². The van der Waals surface area contributed by atoms with Gasteiger partial charge >= 0.3 is 0 Å². The molecule has 2 heterocycles. The van der Waals surface area contributed by atoms with Gasteiger partial charge in [0.15, 0.2) is 5.78 Å². The molecule has 0 radical (unpaired) electrons. The lowest BCUT2D eigenvalue weighted by Gasteiger charge is -2.38. The lowest BCUT2D eigenvalue weighted by Crippen LogP contribution is -2.40. The number of methoxy groups -OCH3 is 2. The fourth-order valence-electron chi connectivity index (χ4n) is 4.15. The number of nitrogens with zero attached hydrogens (tertiary/aromatic N) is 2. The number of anilines is 1. The van der Waals surface area contributed by atoms with Crippen LogP contribution in [0.1, 0.15) is 37.2 Å². The molecule has 4 rings (SSSR count). The second-order valence-corrected chi connectivity index (χ2v) is 6.94. The normalized spacial score (nSPS) is 19.5. The molecule has 1 amide bonds. The highest BCUT2D eigenvalue weighted by atomic mass is 16.5. The van der Waals surface area contributed by atoms with E-state index in [9.17, 15) is 9.59 Å². The van der Waals surface area contributed by atoms with E-state index in [1.165, 1.54) is 0 Å². The highest BCUT2D eigenvalue weighted by Crippen LogP contribution is 2.45. The number of carbonyl (C=O) groups excluding carboxylic acids is 2. The van der Waals surface area contributed by atoms with Crippen LogP contribution >= 0.6 is 0 Å². The van der Waals surface area contributed by atoms with Crippen LogP contribution in [0.2, 0.25) is 0 Å². The van der Waals surface area contributed by atoms with Gasteiger partial charge in [-0.15, -0.1) is 0 Å². The molecule has 2 aromatic rings. The molecule has 1 aromatic heterocycles. The minimum Gasteiger partial charge on any atom is -0.497 e. The monoisotopic (exact) mass is 378 g/mol. The van der Waals surface area contributed by atoms with E-state index in [-0.39, 0.29) is 24.0 Å². The third-order valence-electron chi connectivity index (χ3n) is 5.40. The van der Waals surface area contributed by atoms with Gasteiger partial charge in [0.25, 0.3) is 0 Å². The Kier molecular flexibility index (Phi) is 4.86. The maximum Gasteiger partial charge on any atom is 0.232 e. The number of carbonyl (C=O) groups is 2. The molecule has 6 heteroatoms. The maximum absolute atomic E-state index is 13.1. The molecule has 1 aromatic carbocycles. The summed E-state index contributed by atoms with van der Waals surface area (Å²) in [4.78, 5) is 31.9. The zero-order chi connectivity index (χ0) is 19.7. The van der Waals surface area contributed by atoms with E-state index in [0.717, 1.165) is 23.3 Å².